The van der Waals surface area contributed by atoms with Crippen LogP contribution in [0.4, 0.5) is 0 Å². The Hall–Kier alpha value is 1.34. The molecule has 0 radical (unpaired) electrons. The maximum absolute atomic E-state index is 3.88. The van der Waals surface area contributed by atoms with E-state index < -0.39 is 36.8 Å². The molecule has 0 aliphatic heterocycles. The molecule has 0 unspecified atom stereocenters. The number of allylic oxidation sites excluding steroid dienone is 1. The zero-order valence-corrected chi connectivity index (χ0v) is 18.5. The van der Waals surface area contributed by atoms with Gasteiger partial charge in [-0.3, -0.25) is 0 Å². The molecule has 0 rings (SSSR count). The van der Waals surface area contributed by atoms with Crippen LogP contribution in [0.3, 0.4) is 0 Å². The Bertz CT molecular complexity index is 214. The Balaban J connectivity index is 5.11. The van der Waals surface area contributed by atoms with Gasteiger partial charge in [0.25, 0.3) is 0 Å². The van der Waals surface area contributed by atoms with Gasteiger partial charge in [-0.2, -0.15) is 0 Å². The van der Waals surface area contributed by atoms with Crippen LogP contribution in [0.1, 0.15) is 26.7 Å². The van der Waals surface area contributed by atoms with Gasteiger partial charge in [-0.25, -0.2) is 0 Å². The van der Waals surface area contributed by atoms with E-state index in [1.807, 2.05) is 0 Å². The van der Waals surface area contributed by atoms with Gasteiger partial charge in [-0.05, 0) is 0 Å². The summed E-state index contributed by atoms with van der Waals surface area (Å²) < 4.78 is 1.12. The van der Waals surface area contributed by atoms with Gasteiger partial charge in [-0.15, -0.1) is 0 Å². The van der Waals surface area contributed by atoms with Crippen LogP contribution < -0.4 is 0 Å². The topological polar surface area (TPSA) is 0 Å². The van der Waals surface area contributed by atoms with Crippen LogP contribution in [0.5, 0.6) is 0 Å². The number of hydrogen-bond acceptors (Lipinski definition) is 0. The molecular formula is C14H32Sn2. The second-order valence-corrected chi connectivity index (χ2v) is 43.0. The third-order valence-electron chi connectivity index (χ3n) is 3.51. The average Bonchev–Trinajstić information content (AvgIpc) is 1.93. The van der Waals surface area contributed by atoms with E-state index in [1.165, 1.54) is 12.8 Å². The van der Waals surface area contributed by atoms with Gasteiger partial charge < -0.3 is 0 Å². The summed E-state index contributed by atoms with van der Waals surface area (Å²) in [7, 11) is 0. The molecule has 2 heteroatoms. The van der Waals surface area contributed by atoms with Gasteiger partial charge in [0.15, 0.2) is 0 Å². The maximum atomic E-state index is 3.88. The van der Waals surface area contributed by atoms with Gasteiger partial charge in [0.1, 0.15) is 0 Å². The molecule has 0 bridgehead atoms. The Morgan fingerprint density at radius 2 is 1.38 bits per heavy atom. The van der Waals surface area contributed by atoms with Crippen molar-refractivity contribution in [2.24, 2.45) is 5.41 Å². The first-order chi connectivity index (χ1) is 6.93. The third-order valence-corrected chi connectivity index (χ3v) is 51.0. The SMILES string of the molecule is C=CCCC(C)(C)[CH]([Sn]([CH3])([CH3])[CH3])[Sn]([CH3])([CH3])[CH3]. The number of rotatable bonds is 6. The summed E-state index contributed by atoms with van der Waals surface area (Å²) in [5.74, 6) is 0. The van der Waals surface area contributed by atoms with Gasteiger partial charge in [0.2, 0.25) is 0 Å². The van der Waals surface area contributed by atoms with E-state index >= 15 is 0 Å². The molecule has 0 aliphatic rings. The molecule has 0 aromatic rings. The van der Waals surface area contributed by atoms with Crippen molar-refractivity contribution in [2.45, 2.75) is 58.3 Å². The molecule has 0 amide bonds. The molecule has 0 N–H and O–H groups in total. The predicted molar refractivity (Wildman–Crippen MR) is 83.7 cm³/mol. The average molecular weight is 438 g/mol. The molecule has 0 saturated carbocycles. The second-order valence-electron chi connectivity index (χ2n) is 7.98. The van der Waals surface area contributed by atoms with Crippen LogP contribution in [0.15, 0.2) is 12.7 Å². The Kier molecular flexibility index (Phi) is 6.49. The van der Waals surface area contributed by atoms with E-state index in [1.54, 1.807) is 0 Å². The quantitative estimate of drug-likeness (QED) is 0.377. The van der Waals surface area contributed by atoms with Crippen LogP contribution in [0.25, 0.3) is 0 Å². The first-order valence-corrected chi connectivity index (χ1v) is 27.0. The standard InChI is InChI=1S/C8H14.6CH3.2Sn/c1-5-6-7-8(2,3)4;;;;;;;;/h2,5H,1,6-7H2,3-4H3;6*1H3;;. The summed E-state index contributed by atoms with van der Waals surface area (Å²) in [5, 5.41) is 0. The van der Waals surface area contributed by atoms with E-state index in [0.717, 1.165) is 1.95 Å². The van der Waals surface area contributed by atoms with Gasteiger partial charge in [0.05, 0.1) is 0 Å². The van der Waals surface area contributed by atoms with Crippen LogP contribution in [-0.2, 0) is 0 Å². The van der Waals surface area contributed by atoms with Crippen molar-refractivity contribution in [2.75, 3.05) is 0 Å². The molecule has 16 heavy (non-hydrogen) atoms. The zero-order chi connectivity index (χ0) is 13.2. The van der Waals surface area contributed by atoms with Crippen molar-refractivity contribution in [1.82, 2.24) is 0 Å². The van der Waals surface area contributed by atoms with Crippen molar-refractivity contribution < 1.29 is 0 Å². The minimum absolute atomic E-state index is 0.552. The summed E-state index contributed by atoms with van der Waals surface area (Å²) in [6.07, 6.45) is 4.62. The van der Waals surface area contributed by atoms with E-state index in [-0.39, 0.29) is 0 Å². The minimum atomic E-state index is -1.81. The van der Waals surface area contributed by atoms with Crippen LogP contribution in [0.2, 0.25) is 31.6 Å². The van der Waals surface area contributed by atoms with E-state index in [2.05, 4.69) is 56.1 Å². The number of hydrogen-bond donors (Lipinski definition) is 0. The Labute approximate surface area is 112 Å². The monoisotopic (exact) mass is 440 g/mol. The molecule has 0 saturated heterocycles. The van der Waals surface area contributed by atoms with Crippen LogP contribution in [0, 0.1) is 5.41 Å². The molecular weight excluding hydrogens is 406 g/mol. The fourth-order valence-electron chi connectivity index (χ4n) is 4.26. The van der Waals surface area contributed by atoms with Crippen molar-refractivity contribution in [3.8, 4) is 0 Å². The third kappa shape index (κ3) is 5.32. The Morgan fingerprint density at radius 1 is 1.00 bits per heavy atom. The normalized spacial score (nSPS) is 14.3. The van der Waals surface area contributed by atoms with Gasteiger partial charge >= 0.3 is 113 Å². The molecule has 96 valence electrons. The zero-order valence-electron chi connectivity index (χ0n) is 12.8. The van der Waals surface area contributed by atoms with Gasteiger partial charge in [-0.1, -0.05) is 0 Å². The van der Waals surface area contributed by atoms with Crippen molar-refractivity contribution >= 4 is 36.8 Å². The molecule has 0 aromatic carbocycles. The van der Waals surface area contributed by atoms with Crippen LogP contribution >= 0.6 is 0 Å². The summed E-state index contributed by atoms with van der Waals surface area (Å²) in [6, 6.07) is 0. The fourth-order valence-corrected chi connectivity index (χ4v) is 75.6. The van der Waals surface area contributed by atoms with Gasteiger partial charge in [0, 0.05) is 0 Å². The van der Waals surface area contributed by atoms with E-state index in [4.69, 9.17) is 0 Å². The van der Waals surface area contributed by atoms with Crippen LogP contribution in [-0.4, -0.2) is 36.8 Å². The first kappa shape index (κ1) is 17.3. The second kappa shape index (κ2) is 5.99. The first-order valence-electron chi connectivity index (χ1n) is 6.54. The molecule has 0 aromatic heterocycles. The molecule has 0 spiro atoms. The summed E-state index contributed by atoms with van der Waals surface area (Å²) in [4.78, 5) is 15.8. The molecule has 0 atom stereocenters. The fraction of sp³-hybridized carbons (Fsp3) is 0.857. The molecule has 0 aliphatic carbocycles. The predicted octanol–water partition coefficient (Wildman–Crippen LogP) is 5.56. The molecule has 0 nitrogen and oxygen atoms in total. The Morgan fingerprint density at radius 3 is 1.62 bits per heavy atom. The van der Waals surface area contributed by atoms with Crippen molar-refractivity contribution in [3.63, 3.8) is 0 Å². The van der Waals surface area contributed by atoms with E-state index in [9.17, 15) is 0 Å². The molecule has 0 heterocycles. The summed E-state index contributed by atoms with van der Waals surface area (Å²) >= 11 is -3.62. The summed E-state index contributed by atoms with van der Waals surface area (Å²) in [6.45, 7) is 8.92. The van der Waals surface area contributed by atoms with E-state index in [0.29, 0.717) is 5.41 Å². The van der Waals surface area contributed by atoms with Crippen molar-refractivity contribution in [1.29, 1.82) is 0 Å². The summed E-state index contributed by atoms with van der Waals surface area (Å²) in [5.41, 5.74) is 0.552. The molecule has 0 fully saturated rings. The van der Waals surface area contributed by atoms with Crippen molar-refractivity contribution in [3.05, 3.63) is 12.7 Å².